The molecule has 5 nitrogen and oxygen atoms in total. The largest absolute Gasteiger partial charge is 0.482 e. The molecule has 0 fully saturated rings. The normalized spacial score (nSPS) is 15.5. The molecule has 4 rings (SSSR count). The van der Waals surface area contributed by atoms with Gasteiger partial charge in [0.25, 0.3) is 0 Å². The predicted molar refractivity (Wildman–Crippen MR) is 137 cm³/mol. The topological polar surface area (TPSA) is 67.8 Å². The Morgan fingerprint density at radius 1 is 1.03 bits per heavy atom. The van der Waals surface area contributed by atoms with Crippen LogP contribution in [0, 0.1) is 5.92 Å². The van der Waals surface area contributed by atoms with Gasteiger partial charge in [0, 0.05) is 5.70 Å². The summed E-state index contributed by atoms with van der Waals surface area (Å²) in [5.74, 6) is 0.108. The molecule has 1 aliphatic rings. The van der Waals surface area contributed by atoms with Gasteiger partial charge in [-0.2, -0.15) is 0 Å². The van der Waals surface area contributed by atoms with E-state index in [0.29, 0.717) is 11.7 Å². The van der Waals surface area contributed by atoms with Gasteiger partial charge in [0.05, 0.1) is 0 Å². The van der Waals surface area contributed by atoms with E-state index in [1.54, 1.807) is 0 Å². The summed E-state index contributed by atoms with van der Waals surface area (Å²) in [4.78, 5) is 17.2. The minimum atomic E-state index is -0.959. The molecule has 0 aromatic heterocycles. The molecule has 182 valence electrons. The smallest absolute Gasteiger partial charge is 0.341 e. The molecule has 0 aliphatic heterocycles. The fourth-order valence-electron chi connectivity index (χ4n) is 4.66. The number of nitrogens with one attached hydrogen (secondary N) is 1. The van der Waals surface area contributed by atoms with E-state index in [1.807, 2.05) is 48.5 Å². The second kappa shape index (κ2) is 12.2. The van der Waals surface area contributed by atoms with Crippen LogP contribution in [-0.2, 0) is 22.5 Å². The van der Waals surface area contributed by atoms with Gasteiger partial charge in [0.1, 0.15) is 11.9 Å². The van der Waals surface area contributed by atoms with E-state index >= 15 is 0 Å². The fourth-order valence-corrected chi connectivity index (χ4v) is 4.66. The molecular formula is C30H33NO4. The summed E-state index contributed by atoms with van der Waals surface area (Å²) in [5.41, 5.74) is 8.95. The molecule has 5 heteroatoms. The zero-order valence-corrected chi connectivity index (χ0v) is 20.2. The van der Waals surface area contributed by atoms with Gasteiger partial charge in [-0.3, -0.25) is 10.3 Å². The monoisotopic (exact) mass is 471 g/mol. The third-order valence-corrected chi connectivity index (χ3v) is 6.30. The van der Waals surface area contributed by atoms with Crippen molar-refractivity contribution in [1.29, 1.82) is 0 Å². The van der Waals surface area contributed by atoms with Crippen LogP contribution in [0.5, 0.6) is 5.75 Å². The Bertz CT molecular complexity index is 1090. The number of aliphatic carboxylic acids is 1. The summed E-state index contributed by atoms with van der Waals surface area (Å²) in [5, 5.41) is 8.95. The van der Waals surface area contributed by atoms with E-state index in [-0.39, 0.29) is 12.7 Å². The first-order chi connectivity index (χ1) is 17.1. The molecule has 2 N–H and O–H groups in total. The van der Waals surface area contributed by atoms with Crippen LogP contribution < -0.4 is 10.2 Å². The Labute approximate surface area is 207 Å². The fraction of sp³-hybridized carbons (Fsp3) is 0.300. The molecule has 35 heavy (non-hydrogen) atoms. The van der Waals surface area contributed by atoms with E-state index in [1.165, 1.54) is 5.56 Å². The molecule has 1 unspecified atom stereocenters. The van der Waals surface area contributed by atoms with Gasteiger partial charge in [-0.15, -0.1) is 0 Å². The molecule has 1 atom stereocenters. The Morgan fingerprint density at radius 2 is 1.71 bits per heavy atom. The summed E-state index contributed by atoms with van der Waals surface area (Å²) in [6, 6.07) is 26.4. The lowest BCUT2D eigenvalue weighted by Gasteiger charge is -2.26. The van der Waals surface area contributed by atoms with Crippen LogP contribution >= 0.6 is 0 Å². The number of carboxylic acids is 1. The van der Waals surface area contributed by atoms with E-state index < -0.39 is 5.97 Å². The average Bonchev–Trinajstić information content (AvgIpc) is 2.88. The van der Waals surface area contributed by atoms with Gasteiger partial charge in [-0.05, 0) is 59.9 Å². The van der Waals surface area contributed by atoms with Crippen LogP contribution in [0.3, 0.4) is 0 Å². The maximum atomic E-state index is 10.9. The molecule has 0 heterocycles. The van der Waals surface area contributed by atoms with E-state index in [9.17, 15) is 4.79 Å². The number of hydroxylamine groups is 1. The Kier molecular flexibility index (Phi) is 8.58. The SMILES string of the molecule is CCCC(=CC1CCc2c(cccc2OCC(=O)O)C1)NOC(c1ccccc1)c1ccccc1. The van der Waals surface area contributed by atoms with Gasteiger partial charge >= 0.3 is 5.97 Å². The highest BCUT2D eigenvalue weighted by atomic mass is 16.7. The van der Waals surface area contributed by atoms with E-state index in [2.05, 4.69) is 48.8 Å². The number of ether oxygens (including phenoxy) is 1. The zero-order chi connectivity index (χ0) is 24.5. The number of carbonyl (C=O) groups is 1. The minimum Gasteiger partial charge on any atom is -0.482 e. The van der Waals surface area contributed by atoms with Gasteiger partial charge in [-0.25, -0.2) is 4.79 Å². The van der Waals surface area contributed by atoms with Crippen LogP contribution in [0.25, 0.3) is 0 Å². The summed E-state index contributed by atoms with van der Waals surface area (Å²) >= 11 is 0. The van der Waals surface area contributed by atoms with Crippen LogP contribution in [-0.4, -0.2) is 17.7 Å². The Hall–Kier alpha value is -3.57. The van der Waals surface area contributed by atoms with Gasteiger partial charge in [0.15, 0.2) is 6.61 Å². The maximum absolute atomic E-state index is 10.9. The Morgan fingerprint density at radius 3 is 2.34 bits per heavy atom. The molecule has 1 aliphatic carbocycles. The first kappa shape index (κ1) is 24.6. The quantitative estimate of drug-likeness (QED) is 0.324. The summed E-state index contributed by atoms with van der Waals surface area (Å²) < 4.78 is 5.52. The second-order valence-electron chi connectivity index (χ2n) is 8.94. The van der Waals surface area contributed by atoms with Crippen LogP contribution in [0.1, 0.15) is 54.5 Å². The number of rotatable bonds is 11. The zero-order valence-electron chi connectivity index (χ0n) is 20.2. The van der Waals surface area contributed by atoms with Crippen molar-refractivity contribution in [2.45, 2.75) is 45.1 Å². The molecule has 0 saturated heterocycles. The number of allylic oxidation sites excluding steroid dienone is 2. The lowest BCUT2D eigenvalue weighted by molar-refractivity contribution is -0.139. The van der Waals surface area contributed by atoms with Crippen LogP contribution in [0.15, 0.2) is 90.6 Å². The van der Waals surface area contributed by atoms with Crippen LogP contribution in [0.4, 0.5) is 0 Å². The molecule has 0 spiro atoms. The van der Waals surface area contributed by atoms with Crippen molar-refractivity contribution in [1.82, 2.24) is 5.48 Å². The number of fused-ring (bicyclic) bond motifs is 1. The number of benzene rings is 3. The van der Waals surface area contributed by atoms with Gasteiger partial charge in [-0.1, -0.05) is 92.2 Å². The number of hydrogen-bond acceptors (Lipinski definition) is 4. The second-order valence-corrected chi connectivity index (χ2v) is 8.94. The standard InChI is InChI=1S/C30H33NO4/c1-2-10-26(31-35-30(23-11-5-3-6-12-23)24-13-7-4-8-14-24)20-22-17-18-27-25(19-22)15-9-16-28(27)34-21-29(32)33/h3-9,11-16,20,22,30-31H,2,10,17-19,21H2,1H3,(H,32,33). The molecule has 0 saturated carbocycles. The third-order valence-electron chi connectivity index (χ3n) is 6.30. The average molecular weight is 472 g/mol. The first-order valence-corrected chi connectivity index (χ1v) is 12.3. The lowest BCUT2D eigenvalue weighted by atomic mass is 9.83. The van der Waals surface area contributed by atoms with Gasteiger partial charge < -0.3 is 9.84 Å². The molecule has 3 aromatic rings. The van der Waals surface area contributed by atoms with Crippen molar-refractivity contribution in [3.05, 3.63) is 113 Å². The summed E-state index contributed by atoms with van der Waals surface area (Å²) in [6.45, 7) is 1.86. The molecular weight excluding hydrogens is 438 g/mol. The number of carboxylic acid groups (broad SMARTS) is 1. The lowest BCUT2D eigenvalue weighted by Crippen LogP contribution is -2.21. The van der Waals surface area contributed by atoms with Crippen molar-refractivity contribution in [2.24, 2.45) is 5.92 Å². The first-order valence-electron chi connectivity index (χ1n) is 12.3. The number of hydrogen-bond donors (Lipinski definition) is 2. The highest BCUT2D eigenvalue weighted by Gasteiger charge is 2.22. The molecule has 3 aromatic carbocycles. The van der Waals surface area contributed by atoms with Gasteiger partial charge in [0.2, 0.25) is 0 Å². The molecule has 0 bridgehead atoms. The van der Waals surface area contributed by atoms with E-state index in [4.69, 9.17) is 14.7 Å². The van der Waals surface area contributed by atoms with Crippen molar-refractivity contribution in [3.8, 4) is 5.75 Å². The third kappa shape index (κ3) is 6.74. The minimum absolute atomic E-state index is 0.210. The molecule has 0 amide bonds. The molecule has 0 radical (unpaired) electrons. The van der Waals surface area contributed by atoms with Crippen molar-refractivity contribution < 1.29 is 19.5 Å². The van der Waals surface area contributed by atoms with Crippen molar-refractivity contribution >= 4 is 5.97 Å². The van der Waals surface area contributed by atoms with Crippen molar-refractivity contribution in [3.63, 3.8) is 0 Å². The highest BCUT2D eigenvalue weighted by molar-refractivity contribution is 5.68. The van der Waals surface area contributed by atoms with E-state index in [0.717, 1.165) is 54.5 Å². The highest BCUT2D eigenvalue weighted by Crippen LogP contribution is 2.33. The summed E-state index contributed by atoms with van der Waals surface area (Å²) in [7, 11) is 0. The summed E-state index contributed by atoms with van der Waals surface area (Å²) in [6.07, 6.45) is 6.76. The maximum Gasteiger partial charge on any atom is 0.341 e. The van der Waals surface area contributed by atoms with Crippen molar-refractivity contribution in [2.75, 3.05) is 6.61 Å². The Balaban J connectivity index is 1.48. The predicted octanol–water partition coefficient (Wildman–Crippen LogP) is 6.25. The van der Waals surface area contributed by atoms with Crippen LogP contribution in [0.2, 0.25) is 0 Å².